The van der Waals surface area contributed by atoms with Crippen LogP contribution in [0.4, 0.5) is 5.69 Å². The van der Waals surface area contributed by atoms with Gasteiger partial charge in [-0.2, -0.15) is 0 Å². The maximum atomic E-state index is 14.0. The molecule has 0 amide bonds. The van der Waals surface area contributed by atoms with Gasteiger partial charge >= 0.3 is 5.97 Å². The van der Waals surface area contributed by atoms with Crippen LogP contribution in [0.15, 0.2) is 88.4 Å². The summed E-state index contributed by atoms with van der Waals surface area (Å²) in [5, 5.41) is 1.06. The number of carbonyl (C=O) groups is 1. The van der Waals surface area contributed by atoms with Gasteiger partial charge in [0.25, 0.3) is 5.56 Å². The Morgan fingerprint density at radius 3 is 2.61 bits per heavy atom. The fraction of sp³-hybridized carbons (Fsp3) is 0.233. The number of aromatic nitrogens is 2. The minimum absolute atomic E-state index is 0.190. The summed E-state index contributed by atoms with van der Waals surface area (Å²) in [7, 11) is 3.94. The SMILES string of the molecule is C=CCn1cc(C=c2sc3n(c2=O)C(c2ccc(N(C)C)cc2)C(C(=O)OCC)=C(C)N=3)c2ccccc21. The molecule has 2 aromatic heterocycles. The van der Waals surface area contributed by atoms with Crippen LogP contribution in [-0.2, 0) is 16.1 Å². The van der Waals surface area contributed by atoms with E-state index in [9.17, 15) is 9.59 Å². The van der Waals surface area contributed by atoms with Gasteiger partial charge in [0.15, 0.2) is 4.80 Å². The predicted octanol–water partition coefficient (Wildman–Crippen LogP) is 4.01. The van der Waals surface area contributed by atoms with Crippen molar-refractivity contribution in [3.05, 3.63) is 109 Å². The van der Waals surface area contributed by atoms with Crippen molar-refractivity contribution >= 4 is 40.0 Å². The maximum Gasteiger partial charge on any atom is 0.338 e. The van der Waals surface area contributed by atoms with Gasteiger partial charge in [-0.1, -0.05) is 47.7 Å². The van der Waals surface area contributed by atoms with Crippen LogP contribution in [0.25, 0.3) is 17.0 Å². The number of para-hydroxylation sites is 1. The van der Waals surface area contributed by atoms with Gasteiger partial charge in [-0.15, -0.1) is 6.58 Å². The van der Waals surface area contributed by atoms with Crippen LogP contribution >= 0.6 is 11.3 Å². The summed E-state index contributed by atoms with van der Waals surface area (Å²) < 4.78 is 9.70. The number of hydrogen-bond acceptors (Lipinski definition) is 6. The normalized spacial score (nSPS) is 15.4. The lowest BCUT2D eigenvalue weighted by atomic mass is 9.95. The smallest absolute Gasteiger partial charge is 0.338 e. The molecule has 0 bridgehead atoms. The van der Waals surface area contributed by atoms with Gasteiger partial charge < -0.3 is 14.2 Å². The minimum Gasteiger partial charge on any atom is -0.463 e. The summed E-state index contributed by atoms with van der Waals surface area (Å²) >= 11 is 1.33. The van der Waals surface area contributed by atoms with Crippen LogP contribution in [0, 0.1) is 0 Å². The summed E-state index contributed by atoms with van der Waals surface area (Å²) in [5.74, 6) is -0.461. The van der Waals surface area contributed by atoms with E-state index in [2.05, 4.69) is 28.3 Å². The third-order valence-electron chi connectivity index (χ3n) is 6.67. The number of thiazole rings is 1. The van der Waals surface area contributed by atoms with Crippen molar-refractivity contribution < 1.29 is 9.53 Å². The van der Waals surface area contributed by atoms with Gasteiger partial charge in [0.1, 0.15) is 0 Å². The van der Waals surface area contributed by atoms with Crippen LogP contribution in [-0.4, -0.2) is 35.8 Å². The Kier molecular flexibility index (Phi) is 6.91. The Bertz CT molecular complexity index is 1750. The highest BCUT2D eigenvalue weighted by Crippen LogP contribution is 2.31. The molecular weight excluding hydrogens is 496 g/mol. The zero-order valence-electron chi connectivity index (χ0n) is 22.0. The molecule has 0 fully saturated rings. The number of allylic oxidation sites excluding steroid dienone is 2. The standard InChI is InChI=1S/C30H30N4O3S/c1-6-16-33-18-21(23-10-8-9-11-24(23)33)17-25-28(35)34-27(20-12-14-22(15-13-20)32(4)5)26(29(36)37-7-2)19(3)31-30(34)38-25/h6,8-15,17-18,27H,1,7,16H2,2-5H3. The van der Waals surface area contributed by atoms with Crippen molar-refractivity contribution in [2.45, 2.75) is 26.4 Å². The van der Waals surface area contributed by atoms with Crippen LogP contribution in [0.1, 0.15) is 31.0 Å². The Hall–Kier alpha value is -4.17. The zero-order chi connectivity index (χ0) is 27.0. The monoisotopic (exact) mass is 526 g/mol. The van der Waals surface area contributed by atoms with E-state index in [0.29, 0.717) is 27.1 Å². The Morgan fingerprint density at radius 2 is 1.92 bits per heavy atom. The van der Waals surface area contributed by atoms with Crippen LogP contribution in [0.3, 0.4) is 0 Å². The number of carbonyl (C=O) groups excluding carboxylic acids is 1. The molecule has 0 N–H and O–H groups in total. The van der Waals surface area contributed by atoms with E-state index in [-0.39, 0.29) is 12.2 Å². The van der Waals surface area contributed by atoms with Gasteiger partial charge in [-0.3, -0.25) is 9.36 Å². The van der Waals surface area contributed by atoms with Crippen molar-refractivity contribution in [1.29, 1.82) is 0 Å². The largest absolute Gasteiger partial charge is 0.463 e. The third kappa shape index (κ3) is 4.41. The summed E-state index contributed by atoms with van der Waals surface area (Å²) in [4.78, 5) is 34.3. The molecule has 194 valence electrons. The van der Waals surface area contributed by atoms with Gasteiger partial charge in [-0.25, -0.2) is 9.79 Å². The molecule has 8 heteroatoms. The summed E-state index contributed by atoms with van der Waals surface area (Å²) in [6.45, 7) is 8.34. The van der Waals surface area contributed by atoms with Crippen LogP contribution in [0.5, 0.6) is 0 Å². The number of ether oxygens (including phenoxy) is 1. The number of esters is 1. The molecule has 0 aliphatic carbocycles. The van der Waals surface area contributed by atoms with Gasteiger partial charge in [0, 0.05) is 49.0 Å². The zero-order valence-corrected chi connectivity index (χ0v) is 22.8. The van der Waals surface area contributed by atoms with E-state index in [1.807, 2.05) is 73.7 Å². The summed E-state index contributed by atoms with van der Waals surface area (Å²) in [6.07, 6.45) is 5.81. The summed E-state index contributed by atoms with van der Waals surface area (Å²) in [6, 6.07) is 15.4. The molecule has 2 aromatic carbocycles. The first-order valence-corrected chi connectivity index (χ1v) is 13.3. The number of hydrogen-bond donors (Lipinski definition) is 0. The molecule has 38 heavy (non-hydrogen) atoms. The molecule has 1 aliphatic rings. The molecule has 0 radical (unpaired) electrons. The second-order valence-electron chi connectivity index (χ2n) is 9.33. The Balaban J connectivity index is 1.72. The van der Waals surface area contributed by atoms with E-state index in [4.69, 9.17) is 4.74 Å². The van der Waals surface area contributed by atoms with Gasteiger partial charge in [0.05, 0.1) is 28.5 Å². The number of benzene rings is 2. The lowest BCUT2D eigenvalue weighted by Crippen LogP contribution is -2.39. The second kappa shape index (κ2) is 10.3. The molecular formula is C30H30N4O3S. The fourth-order valence-electron chi connectivity index (χ4n) is 4.88. The molecule has 1 atom stereocenters. The molecule has 7 nitrogen and oxygen atoms in total. The van der Waals surface area contributed by atoms with Crippen molar-refractivity contribution in [2.24, 2.45) is 4.99 Å². The molecule has 4 aromatic rings. The lowest BCUT2D eigenvalue weighted by Gasteiger charge is -2.25. The Morgan fingerprint density at radius 1 is 1.18 bits per heavy atom. The molecule has 5 rings (SSSR count). The molecule has 3 heterocycles. The molecule has 1 aliphatic heterocycles. The minimum atomic E-state index is -0.634. The average Bonchev–Trinajstić information content (AvgIpc) is 3.40. The molecule has 0 saturated carbocycles. The van der Waals surface area contributed by atoms with Crippen molar-refractivity contribution in [2.75, 3.05) is 25.6 Å². The van der Waals surface area contributed by atoms with E-state index in [1.165, 1.54) is 11.3 Å². The van der Waals surface area contributed by atoms with E-state index in [0.717, 1.165) is 27.7 Å². The average molecular weight is 527 g/mol. The number of rotatable bonds is 7. The highest BCUT2D eigenvalue weighted by Gasteiger charge is 2.33. The quantitative estimate of drug-likeness (QED) is 0.270. The highest BCUT2D eigenvalue weighted by atomic mass is 32.1. The maximum absolute atomic E-state index is 14.0. The molecule has 1 unspecified atom stereocenters. The molecule has 0 spiro atoms. The first kappa shape index (κ1) is 25.5. The van der Waals surface area contributed by atoms with Crippen LogP contribution in [0.2, 0.25) is 0 Å². The van der Waals surface area contributed by atoms with Gasteiger partial charge in [0.2, 0.25) is 0 Å². The third-order valence-corrected chi connectivity index (χ3v) is 7.66. The Labute approximate surface area is 224 Å². The lowest BCUT2D eigenvalue weighted by molar-refractivity contribution is -0.139. The van der Waals surface area contributed by atoms with Crippen molar-refractivity contribution in [3.8, 4) is 0 Å². The summed E-state index contributed by atoms with van der Waals surface area (Å²) in [5.41, 5.74) is 4.61. The predicted molar refractivity (Wildman–Crippen MR) is 153 cm³/mol. The van der Waals surface area contributed by atoms with Crippen molar-refractivity contribution in [1.82, 2.24) is 9.13 Å². The van der Waals surface area contributed by atoms with Gasteiger partial charge in [-0.05, 0) is 43.7 Å². The van der Waals surface area contributed by atoms with Crippen molar-refractivity contribution in [3.63, 3.8) is 0 Å². The van der Waals surface area contributed by atoms with E-state index in [1.54, 1.807) is 18.4 Å². The molecule has 0 saturated heterocycles. The highest BCUT2D eigenvalue weighted by molar-refractivity contribution is 7.07. The topological polar surface area (TPSA) is 68.8 Å². The first-order chi connectivity index (χ1) is 18.3. The number of anilines is 1. The second-order valence-corrected chi connectivity index (χ2v) is 10.3. The number of nitrogens with zero attached hydrogens (tertiary/aromatic N) is 4. The fourth-order valence-corrected chi connectivity index (χ4v) is 5.92. The van der Waals surface area contributed by atoms with E-state index < -0.39 is 12.0 Å². The number of fused-ring (bicyclic) bond motifs is 2. The van der Waals surface area contributed by atoms with E-state index >= 15 is 0 Å². The first-order valence-electron chi connectivity index (χ1n) is 12.5. The van der Waals surface area contributed by atoms with Crippen LogP contribution < -0.4 is 19.8 Å².